The van der Waals surface area contributed by atoms with E-state index in [0.29, 0.717) is 0 Å². The lowest BCUT2D eigenvalue weighted by atomic mass is 10.1. The second kappa shape index (κ2) is 2.76. The van der Waals surface area contributed by atoms with Crippen LogP contribution in [-0.4, -0.2) is 0 Å². The van der Waals surface area contributed by atoms with Crippen molar-refractivity contribution in [2.75, 3.05) is 0 Å². The number of fused-ring (bicyclic) bond motifs is 2. The molecule has 0 atom stereocenters. The average molecular weight is 203 g/mol. The van der Waals surface area contributed by atoms with Crippen molar-refractivity contribution in [3.05, 3.63) is 47.7 Å². The largest absolute Gasteiger partial charge is 0.464 e. The van der Waals surface area contributed by atoms with Gasteiger partial charge in [-0.25, -0.2) is 0 Å². The van der Waals surface area contributed by atoms with E-state index in [-0.39, 0.29) is 0 Å². The van der Waals surface area contributed by atoms with Gasteiger partial charge in [0.25, 0.3) is 0 Å². The normalized spacial score (nSPS) is 11.2. The molecule has 0 unspecified atom stereocenters. The zero-order valence-corrected chi connectivity index (χ0v) is 8.08. The van der Waals surface area contributed by atoms with Gasteiger partial charge in [-0.15, -0.1) is 0 Å². The smallest absolute Gasteiger partial charge is 0.134 e. The Morgan fingerprint density at radius 3 is 2.71 bits per heavy atom. The minimum absolute atomic E-state index is 0.753. The Labute approximate surface area is 85.9 Å². The first-order valence-electron chi connectivity index (χ1n) is 4.39. The van der Waals surface area contributed by atoms with Crippen LogP contribution in [0.25, 0.3) is 21.7 Å². The van der Waals surface area contributed by atoms with Crippen molar-refractivity contribution in [3.8, 4) is 0 Å². The van der Waals surface area contributed by atoms with Gasteiger partial charge in [-0.05, 0) is 41.1 Å². The summed E-state index contributed by atoms with van der Waals surface area (Å²) >= 11 is 5.91. The van der Waals surface area contributed by atoms with Crippen molar-refractivity contribution in [2.24, 2.45) is 0 Å². The number of hydrogen-bond donors (Lipinski definition) is 0. The maximum absolute atomic E-state index is 5.91. The van der Waals surface area contributed by atoms with E-state index in [0.717, 1.165) is 21.4 Å². The Hall–Kier alpha value is -1.47. The van der Waals surface area contributed by atoms with Gasteiger partial charge in [0.1, 0.15) is 5.58 Å². The predicted octanol–water partition coefficient (Wildman–Crippen LogP) is 4.24. The van der Waals surface area contributed by atoms with E-state index in [1.54, 1.807) is 6.26 Å². The van der Waals surface area contributed by atoms with E-state index < -0.39 is 0 Å². The van der Waals surface area contributed by atoms with Gasteiger partial charge in [-0.2, -0.15) is 0 Å². The molecule has 0 aliphatic carbocycles. The van der Waals surface area contributed by atoms with Crippen molar-refractivity contribution in [1.82, 2.24) is 0 Å². The molecule has 1 heterocycles. The molecule has 0 fully saturated rings. The minimum atomic E-state index is 0.753. The number of rotatable bonds is 0. The highest BCUT2D eigenvalue weighted by atomic mass is 35.5. The maximum Gasteiger partial charge on any atom is 0.134 e. The second-order valence-electron chi connectivity index (χ2n) is 3.30. The van der Waals surface area contributed by atoms with Crippen LogP contribution in [0.2, 0.25) is 5.02 Å². The van der Waals surface area contributed by atoms with Gasteiger partial charge in [-0.3, -0.25) is 0 Å². The van der Waals surface area contributed by atoms with E-state index in [4.69, 9.17) is 16.0 Å². The number of benzene rings is 2. The molecule has 0 saturated heterocycles. The summed E-state index contributed by atoms with van der Waals surface area (Å²) in [5.74, 6) is 0. The van der Waals surface area contributed by atoms with Crippen LogP contribution < -0.4 is 0 Å². The van der Waals surface area contributed by atoms with Gasteiger partial charge in [-0.1, -0.05) is 17.7 Å². The molecule has 3 aromatic rings. The highest BCUT2D eigenvalue weighted by Crippen LogP contribution is 2.25. The lowest BCUT2D eigenvalue weighted by molar-refractivity contribution is 0.616. The highest BCUT2D eigenvalue weighted by Gasteiger charge is 2.00. The molecule has 0 saturated carbocycles. The molecule has 0 amide bonds. The van der Waals surface area contributed by atoms with Crippen molar-refractivity contribution in [2.45, 2.75) is 0 Å². The molecule has 1 nitrogen and oxygen atoms in total. The van der Waals surface area contributed by atoms with E-state index >= 15 is 0 Å². The molecular formula is C12H7ClO. The molecule has 0 radical (unpaired) electrons. The first-order valence-corrected chi connectivity index (χ1v) is 4.77. The summed E-state index contributed by atoms with van der Waals surface area (Å²) in [7, 11) is 0. The molecular weight excluding hydrogens is 196 g/mol. The number of halogens is 1. The summed E-state index contributed by atoms with van der Waals surface area (Å²) in [6.45, 7) is 0. The molecule has 0 spiro atoms. The van der Waals surface area contributed by atoms with Crippen LogP contribution in [0.5, 0.6) is 0 Å². The summed E-state index contributed by atoms with van der Waals surface area (Å²) < 4.78 is 5.32. The van der Waals surface area contributed by atoms with Gasteiger partial charge in [0.2, 0.25) is 0 Å². The number of hydrogen-bond acceptors (Lipinski definition) is 1. The van der Waals surface area contributed by atoms with Gasteiger partial charge < -0.3 is 4.42 Å². The SMILES string of the molecule is Clc1ccc2cc3ccoc3cc2c1. The Bertz CT molecular complexity index is 610. The van der Waals surface area contributed by atoms with E-state index in [1.165, 1.54) is 5.39 Å². The second-order valence-corrected chi connectivity index (χ2v) is 3.74. The van der Waals surface area contributed by atoms with Crippen LogP contribution in [0.3, 0.4) is 0 Å². The third-order valence-corrected chi connectivity index (χ3v) is 2.61. The monoisotopic (exact) mass is 202 g/mol. The zero-order chi connectivity index (χ0) is 9.54. The lowest BCUT2D eigenvalue weighted by Gasteiger charge is -1.98. The molecule has 3 rings (SSSR count). The van der Waals surface area contributed by atoms with Crippen LogP contribution in [0.4, 0.5) is 0 Å². The fraction of sp³-hybridized carbons (Fsp3) is 0. The molecule has 0 aliphatic heterocycles. The first-order chi connectivity index (χ1) is 6.83. The summed E-state index contributed by atoms with van der Waals surface area (Å²) in [5, 5.41) is 4.17. The Morgan fingerprint density at radius 2 is 1.79 bits per heavy atom. The fourth-order valence-electron chi connectivity index (χ4n) is 1.68. The fourth-order valence-corrected chi connectivity index (χ4v) is 1.86. The zero-order valence-electron chi connectivity index (χ0n) is 7.33. The molecule has 0 bridgehead atoms. The van der Waals surface area contributed by atoms with Gasteiger partial charge >= 0.3 is 0 Å². The standard InChI is InChI=1S/C12H7ClO/c13-11-2-1-8-5-9-3-4-14-12(9)7-10(8)6-11/h1-7H. The van der Waals surface area contributed by atoms with Crippen molar-refractivity contribution < 1.29 is 4.42 Å². The molecule has 0 aliphatic rings. The third kappa shape index (κ3) is 1.10. The Kier molecular flexibility index (Phi) is 1.55. The van der Waals surface area contributed by atoms with Crippen LogP contribution >= 0.6 is 11.6 Å². The van der Waals surface area contributed by atoms with Crippen molar-refractivity contribution in [1.29, 1.82) is 0 Å². The maximum atomic E-state index is 5.91. The van der Waals surface area contributed by atoms with E-state index in [1.807, 2.05) is 30.3 Å². The summed E-state index contributed by atoms with van der Waals surface area (Å²) in [5.41, 5.74) is 0.903. The third-order valence-electron chi connectivity index (χ3n) is 2.37. The quantitative estimate of drug-likeness (QED) is 0.532. The summed E-state index contributed by atoms with van der Waals surface area (Å²) in [6.07, 6.45) is 1.70. The van der Waals surface area contributed by atoms with Crippen molar-refractivity contribution in [3.63, 3.8) is 0 Å². The van der Waals surface area contributed by atoms with Gasteiger partial charge in [0, 0.05) is 10.4 Å². The molecule has 2 heteroatoms. The Balaban J connectivity index is 2.50. The molecule has 2 aromatic carbocycles. The van der Waals surface area contributed by atoms with Gasteiger partial charge in [0.15, 0.2) is 0 Å². The van der Waals surface area contributed by atoms with Crippen LogP contribution in [0.15, 0.2) is 47.1 Å². The summed E-state index contributed by atoms with van der Waals surface area (Å²) in [4.78, 5) is 0. The molecule has 14 heavy (non-hydrogen) atoms. The topological polar surface area (TPSA) is 13.1 Å². The van der Waals surface area contributed by atoms with E-state index in [9.17, 15) is 0 Å². The van der Waals surface area contributed by atoms with Gasteiger partial charge in [0.05, 0.1) is 6.26 Å². The first kappa shape index (κ1) is 7.89. The summed E-state index contributed by atoms with van der Waals surface area (Å²) in [6, 6.07) is 11.9. The average Bonchev–Trinajstić information content (AvgIpc) is 2.61. The lowest BCUT2D eigenvalue weighted by Crippen LogP contribution is -1.72. The minimum Gasteiger partial charge on any atom is -0.464 e. The van der Waals surface area contributed by atoms with Crippen molar-refractivity contribution >= 4 is 33.3 Å². The van der Waals surface area contributed by atoms with Crippen LogP contribution in [0.1, 0.15) is 0 Å². The number of furan rings is 1. The molecule has 0 N–H and O–H groups in total. The molecule has 1 aromatic heterocycles. The highest BCUT2D eigenvalue weighted by molar-refractivity contribution is 6.31. The predicted molar refractivity (Wildman–Crippen MR) is 58.7 cm³/mol. The van der Waals surface area contributed by atoms with Crippen LogP contribution in [0, 0.1) is 0 Å². The Morgan fingerprint density at radius 1 is 0.857 bits per heavy atom. The van der Waals surface area contributed by atoms with E-state index in [2.05, 4.69) is 6.07 Å². The molecule has 68 valence electrons. The van der Waals surface area contributed by atoms with Crippen LogP contribution in [-0.2, 0) is 0 Å².